The van der Waals surface area contributed by atoms with E-state index >= 15 is 0 Å². The quantitative estimate of drug-likeness (QED) is 0.343. The van der Waals surface area contributed by atoms with Crippen LogP contribution in [0.15, 0.2) is 37.0 Å². The van der Waals surface area contributed by atoms with E-state index in [1.54, 1.807) is 12.2 Å². The summed E-state index contributed by atoms with van der Waals surface area (Å²) in [5.41, 5.74) is 0. The van der Waals surface area contributed by atoms with Gasteiger partial charge in [0.1, 0.15) is 0 Å². The molecule has 0 spiro atoms. The summed E-state index contributed by atoms with van der Waals surface area (Å²) in [4.78, 5) is 24.9. The number of rotatable bonds is 10. The fraction of sp³-hybridized carbons (Fsp3) is 0.529. The first-order valence-electron chi connectivity index (χ1n) is 7.44. The summed E-state index contributed by atoms with van der Waals surface area (Å²) in [6.45, 7) is 7.97. The number of allylic oxidation sites excluding steroid dienone is 3. The van der Waals surface area contributed by atoms with Gasteiger partial charge in [0.05, 0.1) is 0 Å². The number of imide groups is 1. The smallest absolute Gasteiger partial charge is 0.253 e. The Kier molecular flexibility index (Phi) is 11.4. The Hall–Kier alpha value is -1.64. The molecule has 0 radical (unpaired) electrons. The van der Waals surface area contributed by atoms with E-state index in [0.29, 0.717) is 6.54 Å². The second-order valence-corrected chi connectivity index (χ2v) is 4.68. The van der Waals surface area contributed by atoms with Crippen molar-refractivity contribution in [1.82, 2.24) is 4.90 Å². The van der Waals surface area contributed by atoms with E-state index in [-0.39, 0.29) is 11.8 Å². The summed E-state index contributed by atoms with van der Waals surface area (Å²) < 4.78 is 0. The van der Waals surface area contributed by atoms with Gasteiger partial charge in [0.2, 0.25) is 0 Å². The maximum atomic E-state index is 11.9. The van der Waals surface area contributed by atoms with Gasteiger partial charge in [-0.2, -0.15) is 0 Å². The molecule has 0 N–H and O–H groups in total. The third kappa shape index (κ3) is 8.46. The molecule has 0 unspecified atom stereocenters. The highest BCUT2D eigenvalue weighted by Crippen LogP contribution is 2.07. The van der Waals surface area contributed by atoms with Gasteiger partial charge in [-0.15, -0.1) is 0 Å². The third-order valence-electron chi connectivity index (χ3n) is 2.98. The van der Waals surface area contributed by atoms with E-state index in [2.05, 4.69) is 13.5 Å². The van der Waals surface area contributed by atoms with E-state index in [9.17, 15) is 9.59 Å². The van der Waals surface area contributed by atoms with Crippen molar-refractivity contribution in [2.45, 2.75) is 52.4 Å². The van der Waals surface area contributed by atoms with Gasteiger partial charge in [0.15, 0.2) is 0 Å². The Morgan fingerprint density at radius 3 is 2.25 bits per heavy atom. The van der Waals surface area contributed by atoms with Crippen molar-refractivity contribution in [2.75, 3.05) is 6.54 Å². The lowest BCUT2D eigenvalue weighted by atomic mass is 10.1. The molecule has 0 aliphatic rings. The number of hydrogen-bond donors (Lipinski definition) is 0. The van der Waals surface area contributed by atoms with Crippen LogP contribution in [-0.4, -0.2) is 23.3 Å². The monoisotopic (exact) mass is 277 g/mol. The summed E-state index contributed by atoms with van der Waals surface area (Å²) in [5, 5.41) is 0. The van der Waals surface area contributed by atoms with Crippen molar-refractivity contribution in [3.63, 3.8) is 0 Å². The van der Waals surface area contributed by atoms with Gasteiger partial charge in [-0.3, -0.25) is 14.5 Å². The van der Waals surface area contributed by atoms with Gasteiger partial charge >= 0.3 is 0 Å². The number of nitrogens with zero attached hydrogens (tertiary/aromatic N) is 1. The predicted molar refractivity (Wildman–Crippen MR) is 84.2 cm³/mol. The molecule has 2 amide bonds. The molecular weight excluding hydrogens is 250 g/mol. The molecule has 112 valence electrons. The molecule has 0 saturated heterocycles. The zero-order chi connectivity index (χ0) is 15.2. The van der Waals surface area contributed by atoms with Crippen molar-refractivity contribution in [3.8, 4) is 0 Å². The van der Waals surface area contributed by atoms with Crippen LogP contribution in [0.5, 0.6) is 0 Å². The summed E-state index contributed by atoms with van der Waals surface area (Å²) >= 11 is 0. The molecule has 20 heavy (non-hydrogen) atoms. The van der Waals surface area contributed by atoms with E-state index in [0.717, 1.165) is 19.3 Å². The molecule has 0 aromatic rings. The zero-order valence-electron chi connectivity index (χ0n) is 12.8. The van der Waals surface area contributed by atoms with Crippen LogP contribution in [-0.2, 0) is 9.59 Å². The number of unbranched alkanes of at least 4 members (excludes halogenated alkanes) is 5. The van der Waals surface area contributed by atoms with E-state index in [1.807, 2.05) is 13.0 Å². The first-order valence-corrected chi connectivity index (χ1v) is 7.44. The molecule has 0 aliphatic heterocycles. The standard InChI is InChI=1S/C17H27NO2/c1-4-7-9-10-11-13-15-18(16(19)6-3)17(20)14-12-8-5-2/h5-6,8,12,14H,3-4,7,9-11,13,15H2,1-2H3/b8-5-,14-12+. The molecule has 3 nitrogen and oxygen atoms in total. The Balaban J connectivity index is 4.25. The van der Waals surface area contributed by atoms with E-state index < -0.39 is 0 Å². The summed E-state index contributed by atoms with van der Waals surface area (Å²) in [6, 6.07) is 0. The first kappa shape index (κ1) is 18.4. The fourth-order valence-corrected chi connectivity index (χ4v) is 1.83. The van der Waals surface area contributed by atoms with Crippen molar-refractivity contribution in [3.05, 3.63) is 37.0 Å². The molecule has 0 aromatic carbocycles. The van der Waals surface area contributed by atoms with Crippen LogP contribution >= 0.6 is 0 Å². The Morgan fingerprint density at radius 2 is 1.65 bits per heavy atom. The molecule has 0 heterocycles. The minimum absolute atomic E-state index is 0.276. The molecule has 0 rings (SSSR count). The minimum Gasteiger partial charge on any atom is -0.275 e. The number of carbonyl (C=O) groups excluding carboxylic acids is 2. The minimum atomic E-state index is -0.325. The largest absolute Gasteiger partial charge is 0.275 e. The molecular formula is C17H27NO2. The number of amides is 2. The van der Waals surface area contributed by atoms with Crippen molar-refractivity contribution >= 4 is 11.8 Å². The fourth-order valence-electron chi connectivity index (χ4n) is 1.83. The molecule has 0 fully saturated rings. The highest BCUT2D eigenvalue weighted by Gasteiger charge is 2.15. The van der Waals surface area contributed by atoms with Gasteiger partial charge in [0, 0.05) is 12.6 Å². The van der Waals surface area contributed by atoms with Crippen LogP contribution in [0.4, 0.5) is 0 Å². The summed E-state index contributed by atoms with van der Waals surface area (Å²) in [6.07, 6.45) is 14.6. The van der Waals surface area contributed by atoms with Crippen LogP contribution in [0.1, 0.15) is 52.4 Å². The lowest BCUT2D eigenvalue weighted by Gasteiger charge is -2.17. The highest BCUT2D eigenvalue weighted by molar-refractivity contribution is 6.04. The van der Waals surface area contributed by atoms with E-state index in [1.165, 1.54) is 36.3 Å². The van der Waals surface area contributed by atoms with E-state index in [4.69, 9.17) is 0 Å². The zero-order valence-corrected chi connectivity index (χ0v) is 12.8. The van der Waals surface area contributed by atoms with Crippen LogP contribution in [0.25, 0.3) is 0 Å². The lowest BCUT2D eigenvalue weighted by molar-refractivity contribution is -0.138. The Labute approximate surface area is 123 Å². The SMILES string of the molecule is C=CC(=O)N(CCCCCCCC)C(=O)/C=C/C=C\C. The van der Waals surface area contributed by atoms with Crippen molar-refractivity contribution in [2.24, 2.45) is 0 Å². The number of carbonyl (C=O) groups is 2. The predicted octanol–water partition coefficient (Wildman–Crippen LogP) is 4.02. The Morgan fingerprint density at radius 1 is 1.00 bits per heavy atom. The van der Waals surface area contributed by atoms with Crippen LogP contribution in [0.3, 0.4) is 0 Å². The second-order valence-electron chi connectivity index (χ2n) is 4.68. The maximum absolute atomic E-state index is 11.9. The molecule has 0 saturated carbocycles. The second kappa shape index (κ2) is 12.4. The van der Waals surface area contributed by atoms with Gasteiger partial charge in [-0.05, 0) is 19.4 Å². The van der Waals surface area contributed by atoms with Gasteiger partial charge in [-0.25, -0.2) is 0 Å². The van der Waals surface area contributed by atoms with Crippen LogP contribution in [0, 0.1) is 0 Å². The molecule has 3 heteroatoms. The molecule has 0 atom stereocenters. The average Bonchev–Trinajstić information content (AvgIpc) is 2.46. The van der Waals surface area contributed by atoms with Crippen molar-refractivity contribution in [1.29, 1.82) is 0 Å². The summed E-state index contributed by atoms with van der Waals surface area (Å²) in [5.74, 6) is -0.602. The molecule has 0 aromatic heterocycles. The molecule has 0 aliphatic carbocycles. The normalized spacial score (nSPS) is 11.1. The van der Waals surface area contributed by atoms with Gasteiger partial charge in [-0.1, -0.05) is 63.8 Å². The topological polar surface area (TPSA) is 37.4 Å². The Bertz CT molecular complexity index is 356. The first-order chi connectivity index (χ1) is 9.67. The van der Waals surface area contributed by atoms with Gasteiger partial charge < -0.3 is 0 Å². The molecule has 0 bridgehead atoms. The van der Waals surface area contributed by atoms with Crippen LogP contribution in [0.2, 0.25) is 0 Å². The summed E-state index contributed by atoms with van der Waals surface area (Å²) in [7, 11) is 0. The van der Waals surface area contributed by atoms with Crippen LogP contribution < -0.4 is 0 Å². The van der Waals surface area contributed by atoms with Crippen molar-refractivity contribution < 1.29 is 9.59 Å². The number of hydrogen-bond acceptors (Lipinski definition) is 2. The highest BCUT2D eigenvalue weighted by atomic mass is 16.2. The third-order valence-corrected chi connectivity index (χ3v) is 2.98. The lowest BCUT2D eigenvalue weighted by Crippen LogP contribution is -2.35. The maximum Gasteiger partial charge on any atom is 0.253 e. The average molecular weight is 277 g/mol. The van der Waals surface area contributed by atoms with Gasteiger partial charge in [0.25, 0.3) is 11.8 Å².